The van der Waals surface area contributed by atoms with Crippen molar-refractivity contribution in [3.63, 3.8) is 0 Å². The summed E-state index contributed by atoms with van der Waals surface area (Å²) in [6, 6.07) is 0. The van der Waals surface area contributed by atoms with Crippen LogP contribution >= 0.6 is 24.8 Å². The van der Waals surface area contributed by atoms with Crippen molar-refractivity contribution in [2.45, 2.75) is 6.92 Å². The molecule has 100 valence electrons. The lowest BCUT2D eigenvalue weighted by Gasteiger charge is -2.30. The highest BCUT2D eigenvalue weighted by molar-refractivity contribution is 5.90. The molecule has 2 aromatic heterocycles. The van der Waals surface area contributed by atoms with Crippen LogP contribution in [-0.4, -0.2) is 41.4 Å². The SMILES string of the molecule is Cc1cnc2[nH]ncc2c1N1CCNCC1.Cl.Cl. The maximum absolute atomic E-state index is 4.34. The van der Waals surface area contributed by atoms with E-state index in [9.17, 15) is 0 Å². The second-order valence-electron chi connectivity index (χ2n) is 4.16. The Labute approximate surface area is 118 Å². The van der Waals surface area contributed by atoms with Gasteiger partial charge in [0.15, 0.2) is 5.65 Å². The van der Waals surface area contributed by atoms with Crippen molar-refractivity contribution in [1.82, 2.24) is 20.5 Å². The molecule has 1 aliphatic heterocycles. The highest BCUT2D eigenvalue weighted by Crippen LogP contribution is 2.27. The lowest BCUT2D eigenvalue weighted by molar-refractivity contribution is 0.589. The summed E-state index contributed by atoms with van der Waals surface area (Å²) < 4.78 is 0. The number of piperazine rings is 1. The lowest BCUT2D eigenvalue weighted by Crippen LogP contribution is -2.43. The van der Waals surface area contributed by atoms with Gasteiger partial charge in [0.25, 0.3) is 0 Å². The van der Waals surface area contributed by atoms with Gasteiger partial charge in [0.2, 0.25) is 0 Å². The van der Waals surface area contributed by atoms with Crippen LogP contribution in [0.4, 0.5) is 5.69 Å². The molecular formula is C11H17Cl2N5. The molecule has 0 aromatic carbocycles. The van der Waals surface area contributed by atoms with E-state index in [2.05, 4.69) is 32.3 Å². The quantitative estimate of drug-likeness (QED) is 0.836. The van der Waals surface area contributed by atoms with Crippen molar-refractivity contribution < 1.29 is 0 Å². The lowest BCUT2D eigenvalue weighted by atomic mass is 10.1. The van der Waals surface area contributed by atoms with Gasteiger partial charge in [-0.1, -0.05) is 0 Å². The third kappa shape index (κ3) is 2.53. The maximum atomic E-state index is 4.34. The minimum atomic E-state index is 0. The molecule has 7 heteroatoms. The summed E-state index contributed by atoms with van der Waals surface area (Å²) >= 11 is 0. The molecule has 1 fully saturated rings. The van der Waals surface area contributed by atoms with Crippen molar-refractivity contribution in [3.8, 4) is 0 Å². The minimum absolute atomic E-state index is 0. The molecule has 2 aromatic rings. The molecule has 0 saturated carbocycles. The number of nitrogens with one attached hydrogen (secondary N) is 2. The molecule has 0 aliphatic carbocycles. The van der Waals surface area contributed by atoms with Crippen molar-refractivity contribution in [1.29, 1.82) is 0 Å². The van der Waals surface area contributed by atoms with Crippen LogP contribution in [0.25, 0.3) is 11.0 Å². The Hall–Kier alpha value is -1.04. The molecule has 3 heterocycles. The van der Waals surface area contributed by atoms with Crippen molar-refractivity contribution >= 4 is 41.5 Å². The van der Waals surface area contributed by atoms with Gasteiger partial charge in [-0.05, 0) is 12.5 Å². The molecule has 0 atom stereocenters. The number of aromatic nitrogens is 3. The largest absolute Gasteiger partial charge is 0.368 e. The average molecular weight is 290 g/mol. The number of pyridine rings is 1. The summed E-state index contributed by atoms with van der Waals surface area (Å²) in [5.41, 5.74) is 3.37. The fourth-order valence-electron chi connectivity index (χ4n) is 2.29. The number of aromatic amines is 1. The van der Waals surface area contributed by atoms with Crippen LogP contribution in [0.3, 0.4) is 0 Å². The Morgan fingerprint density at radius 2 is 1.89 bits per heavy atom. The van der Waals surface area contributed by atoms with Gasteiger partial charge < -0.3 is 10.2 Å². The third-order valence-corrected chi connectivity index (χ3v) is 3.07. The number of anilines is 1. The first kappa shape index (κ1) is 15.0. The minimum Gasteiger partial charge on any atom is -0.368 e. The normalized spacial score (nSPS) is 15.1. The van der Waals surface area contributed by atoms with Crippen LogP contribution < -0.4 is 10.2 Å². The molecule has 0 bridgehead atoms. The zero-order chi connectivity index (χ0) is 11.0. The second-order valence-corrected chi connectivity index (χ2v) is 4.16. The summed E-state index contributed by atoms with van der Waals surface area (Å²) in [6.07, 6.45) is 3.78. The highest BCUT2D eigenvalue weighted by Gasteiger charge is 2.16. The maximum Gasteiger partial charge on any atom is 0.157 e. The van der Waals surface area contributed by atoms with Crippen molar-refractivity contribution in [2.24, 2.45) is 0 Å². The number of fused-ring (bicyclic) bond motifs is 1. The van der Waals surface area contributed by atoms with Crippen molar-refractivity contribution in [2.75, 3.05) is 31.1 Å². The van der Waals surface area contributed by atoms with Gasteiger partial charge in [-0.2, -0.15) is 5.10 Å². The first-order valence-electron chi connectivity index (χ1n) is 5.60. The van der Waals surface area contributed by atoms with Gasteiger partial charge >= 0.3 is 0 Å². The summed E-state index contributed by atoms with van der Waals surface area (Å²) in [6.45, 7) is 6.29. The molecule has 3 rings (SSSR count). The number of nitrogens with zero attached hydrogens (tertiary/aromatic N) is 3. The Balaban J connectivity index is 0.000000810. The zero-order valence-electron chi connectivity index (χ0n) is 10.1. The van der Waals surface area contributed by atoms with Crippen LogP contribution in [0.15, 0.2) is 12.4 Å². The fourth-order valence-corrected chi connectivity index (χ4v) is 2.29. The number of hydrogen-bond acceptors (Lipinski definition) is 4. The monoisotopic (exact) mass is 289 g/mol. The number of aryl methyl sites for hydroxylation is 1. The van der Waals surface area contributed by atoms with Gasteiger partial charge in [-0.3, -0.25) is 5.10 Å². The summed E-state index contributed by atoms with van der Waals surface area (Å²) in [4.78, 5) is 6.74. The molecule has 1 saturated heterocycles. The summed E-state index contributed by atoms with van der Waals surface area (Å²) in [7, 11) is 0. The highest BCUT2D eigenvalue weighted by atomic mass is 35.5. The number of rotatable bonds is 1. The first-order chi connectivity index (χ1) is 7.86. The van der Waals surface area contributed by atoms with Crippen molar-refractivity contribution in [3.05, 3.63) is 18.0 Å². The van der Waals surface area contributed by atoms with Crippen LogP contribution in [0.1, 0.15) is 5.56 Å². The average Bonchev–Trinajstić information content (AvgIpc) is 2.78. The first-order valence-corrected chi connectivity index (χ1v) is 5.60. The molecule has 0 amide bonds. The second kappa shape index (κ2) is 6.22. The predicted octanol–water partition coefficient (Wildman–Crippen LogP) is 1.52. The topological polar surface area (TPSA) is 56.8 Å². The molecular weight excluding hydrogens is 273 g/mol. The zero-order valence-corrected chi connectivity index (χ0v) is 11.8. The smallest absolute Gasteiger partial charge is 0.157 e. The van der Waals surface area contributed by atoms with E-state index in [4.69, 9.17) is 0 Å². The molecule has 2 N–H and O–H groups in total. The van der Waals surface area contributed by atoms with Gasteiger partial charge in [-0.25, -0.2) is 4.98 Å². The Bertz CT molecular complexity index is 507. The van der Waals surface area contributed by atoms with E-state index in [1.807, 2.05) is 12.4 Å². The van der Waals surface area contributed by atoms with E-state index in [0.29, 0.717) is 0 Å². The van der Waals surface area contributed by atoms with Crippen LogP contribution in [0.5, 0.6) is 0 Å². The van der Waals surface area contributed by atoms with Crippen LogP contribution in [0.2, 0.25) is 0 Å². The summed E-state index contributed by atoms with van der Waals surface area (Å²) in [5, 5.41) is 11.5. The molecule has 0 unspecified atom stereocenters. The van der Waals surface area contributed by atoms with Gasteiger partial charge in [0.05, 0.1) is 17.3 Å². The van der Waals surface area contributed by atoms with E-state index in [-0.39, 0.29) is 24.8 Å². The van der Waals surface area contributed by atoms with E-state index in [1.165, 1.54) is 11.3 Å². The van der Waals surface area contributed by atoms with E-state index in [0.717, 1.165) is 37.2 Å². The Kier molecular flexibility index (Phi) is 5.19. The van der Waals surface area contributed by atoms with Crippen LogP contribution in [0, 0.1) is 6.92 Å². The number of hydrogen-bond donors (Lipinski definition) is 2. The molecule has 5 nitrogen and oxygen atoms in total. The Morgan fingerprint density at radius 3 is 2.61 bits per heavy atom. The molecule has 18 heavy (non-hydrogen) atoms. The standard InChI is InChI=1S/C11H15N5.2ClH/c1-8-6-13-11-9(7-14-15-11)10(8)16-4-2-12-3-5-16;;/h6-7,12H,2-5H2,1H3,(H,13,14,15);2*1H. The van der Waals surface area contributed by atoms with Crippen LogP contribution in [-0.2, 0) is 0 Å². The number of H-pyrrole nitrogens is 1. The van der Waals surface area contributed by atoms with E-state index in [1.54, 1.807) is 0 Å². The fraction of sp³-hybridized carbons (Fsp3) is 0.455. The molecule has 1 aliphatic rings. The van der Waals surface area contributed by atoms with Gasteiger partial charge in [0.1, 0.15) is 0 Å². The molecule has 0 radical (unpaired) electrons. The molecule has 0 spiro atoms. The summed E-state index contributed by atoms with van der Waals surface area (Å²) in [5.74, 6) is 0. The third-order valence-electron chi connectivity index (χ3n) is 3.07. The van der Waals surface area contributed by atoms with Gasteiger partial charge in [0, 0.05) is 32.4 Å². The van der Waals surface area contributed by atoms with E-state index >= 15 is 0 Å². The number of halogens is 2. The van der Waals surface area contributed by atoms with Gasteiger partial charge in [-0.15, -0.1) is 24.8 Å². The predicted molar refractivity (Wildman–Crippen MR) is 78.2 cm³/mol. The Morgan fingerprint density at radius 1 is 1.17 bits per heavy atom. The van der Waals surface area contributed by atoms with E-state index < -0.39 is 0 Å².